The maximum atomic E-state index is 14.2. The largest absolute Gasteiger partial charge is 0.493 e. The topological polar surface area (TPSA) is 124 Å². The fourth-order valence-corrected chi connectivity index (χ4v) is 7.36. The van der Waals surface area contributed by atoms with Crippen molar-refractivity contribution in [1.29, 1.82) is 0 Å². The molecule has 2 heterocycles. The molecule has 0 amide bonds. The van der Waals surface area contributed by atoms with Crippen molar-refractivity contribution in [2.24, 2.45) is 4.99 Å². The van der Waals surface area contributed by atoms with Gasteiger partial charge < -0.3 is 28.4 Å². The van der Waals surface area contributed by atoms with Crippen LogP contribution in [-0.2, 0) is 20.9 Å². The molecule has 0 N–H and O–H groups in total. The van der Waals surface area contributed by atoms with Gasteiger partial charge in [0.1, 0.15) is 6.61 Å². The lowest BCUT2D eigenvalue weighted by Gasteiger charge is -2.25. The molecule has 1 aromatic heterocycles. The van der Waals surface area contributed by atoms with E-state index < -0.39 is 12.0 Å². The minimum atomic E-state index is -0.818. The highest BCUT2D eigenvalue weighted by atomic mass is 127. The summed E-state index contributed by atoms with van der Waals surface area (Å²) in [6.07, 6.45) is 1.69. The van der Waals surface area contributed by atoms with Crippen LogP contribution in [0.4, 0.5) is 0 Å². The first kappa shape index (κ1) is 37.6. The number of methoxy groups -OCH3 is 2. The van der Waals surface area contributed by atoms with Gasteiger partial charge in [-0.2, -0.15) is 0 Å². The molecule has 1 atom stereocenters. The molecule has 51 heavy (non-hydrogen) atoms. The van der Waals surface area contributed by atoms with Crippen LogP contribution in [0.2, 0.25) is 0 Å². The molecule has 1 aliphatic rings. The quantitative estimate of drug-likeness (QED) is 0.119. The summed E-state index contributed by atoms with van der Waals surface area (Å²) in [5, 5.41) is 0. The summed E-state index contributed by atoms with van der Waals surface area (Å²) in [4.78, 5) is 44.7. The van der Waals surface area contributed by atoms with Crippen molar-refractivity contribution in [3.05, 3.63) is 111 Å². The monoisotopic (exact) mass is 826 g/mol. The zero-order valence-corrected chi connectivity index (χ0v) is 32.4. The van der Waals surface area contributed by atoms with Gasteiger partial charge in [0.05, 0.1) is 64.5 Å². The summed E-state index contributed by atoms with van der Waals surface area (Å²) in [6, 6.07) is 15.3. The number of esters is 2. The molecular weight excluding hydrogens is 787 g/mol. The molecule has 0 saturated heterocycles. The maximum absolute atomic E-state index is 14.2. The predicted octanol–water partition coefficient (Wildman–Crippen LogP) is 5.96. The molecule has 0 bridgehead atoms. The van der Waals surface area contributed by atoms with Crippen LogP contribution in [0.1, 0.15) is 67.7 Å². The van der Waals surface area contributed by atoms with Crippen LogP contribution >= 0.6 is 33.9 Å². The Morgan fingerprint density at radius 2 is 1.63 bits per heavy atom. The Morgan fingerprint density at radius 3 is 2.27 bits per heavy atom. The summed E-state index contributed by atoms with van der Waals surface area (Å²) < 4.78 is 36.6. The first-order valence-electron chi connectivity index (χ1n) is 16.3. The number of carbonyl (C=O) groups excluding carboxylic acids is 2. The molecule has 13 heteroatoms. The Balaban J connectivity index is 1.52. The zero-order valence-electron chi connectivity index (χ0n) is 29.4. The van der Waals surface area contributed by atoms with Crippen LogP contribution in [-0.4, -0.2) is 50.0 Å². The second-order valence-electron chi connectivity index (χ2n) is 11.6. The summed E-state index contributed by atoms with van der Waals surface area (Å²) in [5.74, 6) is 1.12. The fraction of sp³-hybridized carbons (Fsp3) is 0.316. The zero-order chi connectivity index (χ0) is 36.8. The molecule has 0 fully saturated rings. The molecule has 268 valence electrons. The Labute approximate surface area is 313 Å². The molecule has 0 radical (unpaired) electrons. The summed E-state index contributed by atoms with van der Waals surface area (Å²) >= 11 is 3.39. The number of allylic oxidation sites excluding steroid dienone is 1. The van der Waals surface area contributed by atoms with Crippen molar-refractivity contribution in [3.63, 3.8) is 0 Å². The molecule has 0 aliphatic carbocycles. The third-order valence-corrected chi connectivity index (χ3v) is 9.57. The number of hydrogen-bond donors (Lipinski definition) is 0. The van der Waals surface area contributed by atoms with Crippen molar-refractivity contribution >= 4 is 51.9 Å². The van der Waals surface area contributed by atoms with Gasteiger partial charge in [-0.05, 0) is 116 Å². The highest BCUT2D eigenvalue weighted by Crippen LogP contribution is 2.37. The third-order valence-electron chi connectivity index (χ3n) is 7.78. The van der Waals surface area contributed by atoms with Crippen LogP contribution in [0.25, 0.3) is 6.08 Å². The standard InChI is InChI=1S/C38H39IN2O9S/c1-8-47-36(43)25-12-10-23(11-13-25)20-49-34-27(39)16-24(17-30(34)46-7)18-31-35(42)41-33(26-14-15-28(50-21(3)4)29(19-26)45-6)32(37(44)48-9-2)22(5)40-38(41)51-31/h10-19,21,33H,8-9,20H2,1-7H3/b31-18+/t33-/m0/s1. The van der Waals surface area contributed by atoms with E-state index >= 15 is 0 Å². The molecule has 0 saturated carbocycles. The van der Waals surface area contributed by atoms with Crippen molar-refractivity contribution in [2.75, 3.05) is 27.4 Å². The molecule has 3 aromatic carbocycles. The molecule has 5 rings (SSSR count). The van der Waals surface area contributed by atoms with Gasteiger partial charge in [0.15, 0.2) is 27.8 Å². The van der Waals surface area contributed by atoms with Crippen LogP contribution in [0.15, 0.2) is 75.7 Å². The SMILES string of the molecule is CCOC(=O)C1=C(C)N=c2s/c(=C/c3cc(I)c(OCc4ccc(C(=O)OCC)cc4)c(OC)c3)c(=O)n2[C@H]1c1ccc(OC(C)C)c(OC)c1. The van der Waals surface area contributed by atoms with E-state index in [1.165, 1.54) is 15.9 Å². The highest BCUT2D eigenvalue weighted by Gasteiger charge is 2.34. The van der Waals surface area contributed by atoms with Crippen molar-refractivity contribution in [3.8, 4) is 23.0 Å². The second-order valence-corrected chi connectivity index (χ2v) is 13.8. The lowest BCUT2D eigenvalue weighted by atomic mass is 9.95. The number of fused-ring (bicyclic) bond motifs is 1. The number of hydrogen-bond acceptors (Lipinski definition) is 11. The molecule has 1 aliphatic heterocycles. The summed E-state index contributed by atoms with van der Waals surface area (Å²) in [5.41, 5.74) is 3.08. The van der Waals surface area contributed by atoms with E-state index in [9.17, 15) is 14.4 Å². The van der Waals surface area contributed by atoms with E-state index in [-0.39, 0.29) is 36.4 Å². The van der Waals surface area contributed by atoms with Crippen molar-refractivity contribution in [1.82, 2.24) is 4.57 Å². The molecular formula is C38H39IN2O9S. The summed E-state index contributed by atoms with van der Waals surface area (Å²) in [7, 11) is 3.09. The normalized spacial score (nSPS) is 14.1. The number of ether oxygens (including phenoxy) is 6. The van der Waals surface area contributed by atoms with Gasteiger partial charge in [0.2, 0.25) is 0 Å². The second kappa shape index (κ2) is 16.6. The van der Waals surface area contributed by atoms with Crippen molar-refractivity contribution < 1.29 is 38.0 Å². The first-order valence-corrected chi connectivity index (χ1v) is 18.2. The van der Waals surface area contributed by atoms with E-state index in [1.807, 2.05) is 38.1 Å². The number of nitrogens with zero attached hydrogens (tertiary/aromatic N) is 2. The van der Waals surface area contributed by atoms with Crippen molar-refractivity contribution in [2.45, 2.75) is 53.4 Å². The van der Waals surface area contributed by atoms with Crippen LogP contribution < -0.4 is 33.8 Å². The van der Waals surface area contributed by atoms with E-state index in [0.29, 0.717) is 61.3 Å². The summed E-state index contributed by atoms with van der Waals surface area (Å²) in [6.45, 7) is 9.79. The Morgan fingerprint density at radius 1 is 0.941 bits per heavy atom. The minimum Gasteiger partial charge on any atom is -0.493 e. The van der Waals surface area contributed by atoms with E-state index in [1.54, 1.807) is 71.4 Å². The fourth-order valence-electron chi connectivity index (χ4n) is 5.53. The number of aromatic nitrogens is 1. The number of halogens is 1. The van der Waals surface area contributed by atoms with Crippen LogP contribution in [0.3, 0.4) is 0 Å². The lowest BCUT2D eigenvalue weighted by Crippen LogP contribution is -2.40. The average molecular weight is 827 g/mol. The van der Waals surface area contributed by atoms with E-state index in [2.05, 4.69) is 27.6 Å². The Bertz CT molecular complexity index is 2150. The molecule has 0 unspecified atom stereocenters. The first-order chi connectivity index (χ1) is 24.5. The van der Waals surface area contributed by atoms with Gasteiger partial charge >= 0.3 is 11.9 Å². The maximum Gasteiger partial charge on any atom is 0.338 e. The van der Waals surface area contributed by atoms with Crippen LogP contribution in [0, 0.1) is 3.57 Å². The van der Waals surface area contributed by atoms with Gasteiger partial charge in [-0.15, -0.1) is 0 Å². The van der Waals surface area contributed by atoms with Gasteiger partial charge in [-0.3, -0.25) is 9.36 Å². The molecule has 11 nitrogen and oxygen atoms in total. The lowest BCUT2D eigenvalue weighted by molar-refractivity contribution is -0.139. The minimum absolute atomic E-state index is 0.0848. The van der Waals surface area contributed by atoms with Gasteiger partial charge in [-0.25, -0.2) is 14.6 Å². The smallest absolute Gasteiger partial charge is 0.338 e. The molecule has 4 aromatic rings. The van der Waals surface area contributed by atoms with Crippen LogP contribution in [0.5, 0.6) is 23.0 Å². The molecule has 0 spiro atoms. The highest BCUT2D eigenvalue weighted by molar-refractivity contribution is 14.1. The van der Waals surface area contributed by atoms with Gasteiger partial charge in [0, 0.05) is 0 Å². The van der Waals surface area contributed by atoms with E-state index in [0.717, 1.165) is 9.13 Å². The van der Waals surface area contributed by atoms with Gasteiger partial charge in [0.25, 0.3) is 5.56 Å². The number of thiazole rings is 1. The number of benzene rings is 3. The van der Waals surface area contributed by atoms with Gasteiger partial charge in [-0.1, -0.05) is 29.5 Å². The number of carbonyl (C=O) groups is 2. The van der Waals surface area contributed by atoms with E-state index in [4.69, 9.17) is 28.4 Å². The Kier molecular flexibility index (Phi) is 12.2. The number of rotatable bonds is 13. The average Bonchev–Trinajstić information content (AvgIpc) is 3.40. The predicted molar refractivity (Wildman–Crippen MR) is 202 cm³/mol. The third kappa shape index (κ3) is 8.30. The Hall–Kier alpha value is -4.63.